The van der Waals surface area contributed by atoms with Gasteiger partial charge in [-0.3, -0.25) is 4.90 Å². The third-order valence-electron chi connectivity index (χ3n) is 4.19. The van der Waals surface area contributed by atoms with Crippen molar-refractivity contribution in [3.8, 4) is 0 Å². The summed E-state index contributed by atoms with van der Waals surface area (Å²) in [6.45, 7) is 7.93. The van der Waals surface area contributed by atoms with Crippen molar-refractivity contribution in [2.75, 3.05) is 20.1 Å². The highest BCUT2D eigenvalue weighted by atomic mass is 127. The standard InChI is InChI=1S/C18H26FIN2O2/c1-18(2,3)24-17(23)21(4)15-7-9-22(10-8-15)12-13-11-14(20)5-6-16(13)19/h5-6,11,15H,7-10,12H2,1-4H3. The highest BCUT2D eigenvalue weighted by Gasteiger charge is 2.28. The quantitative estimate of drug-likeness (QED) is 0.648. The van der Waals surface area contributed by atoms with E-state index in [1.807, 2.05) is 26.8 Å². The van der Waals surface area contributed by atoms with E-state index in [1.54, 1.807) is 18.0 Å². The van der Waals surface area contributed by atoms with E-state index in [0.29, 0.717) is 6.54 Å². The molecule has 2 rings (SSSR count). The number of halogens is 2. The minimum atomic E-state index is -0.478. The molecule has 0 N–H and O–H groups in total. The van der Waals surface area contributed by atoms with Crippen LogP contribution in [0.2, 0.25) is 0 Å². The van der Waals surface area contributed by atoms with Gasteiger partial charge in [0.1, 0.15) is 11.4 Å². The Kier molecular flexibility index (Phi) is 6.47. The van der Waals surface area contributed by atoms with Crippen LogP contribution < -0.4 is 0 Å². The van der Waals surface area contributed by atoms with E-state index in [9.17, 15) is 9.18 Å². The van der Waals surface area contributed by atoms with Gasteiger partial charge in [-0.25, -0.2) is 9.18 Å². The maximum absolute atomic E-state index is 13.9. The first kappa shape index (κ1) is 19.4. The summed E-state index contributed by atoms with van der Waals surface area (Å²) in [5.41, 5.74) is 0.259. The maximum Gasteiger partial charge on any atom is 0.410 e. The lowest BCUT2D eigenvalue weighted by Gasteiger charge is -2.37. The molecule has 1 aliphatic rings. The molecule has 0 aromatic heterocycles. The number of benzene rings is 1. The summed E-state index contributed by atoms with van der Waals surface area (Å²) in [5.74, 6) is -0.150. The molecule has 0 atom stereocenters. The predicted octanol–water partition coefficient (Wildman–Crippen LogP) is 4.26. The van der Waals surface area contributed by atoms with Crippen LogP contribution in [-0.4, -0.2) is 47.7 Å². The summed E-state index contributed by atoms with van der Waals surface area (Å²) in [5, 5.41) is 0. The van der Waals surface area contributed by atoms with E-state index in [2.05, 4.69) is 27.5 Å². The number of amides is 1. The van der Waals surface area contributed by atoms with Crippen molar-refractivity contribution in [3.63, 3.8) is 0 Å². The van der Waals surface area contributed by atoms with Crippen molar-refractivity contribution >= 4 is 28.7 Å². The second-order valence-corrected chi connectivity index (χ2v) is 8.58. The van der Waals surface area contributed by atoms with Gasteiger partial charge in [0.05, 0.1) is 0 Å². The fraction of sp³-hybridized carbons (Fsp3) is 0.611. The number of piperidine rings is 1. The highest BCUT2D eigenvalue weighted by molar-refractivity contribution is 14.1. The molecule has 24 heavy (non-hydrogen) atoms. The van der Waals surface area contributed by atoms with Crippen molar-refractivity contribution in [1.82, 2.24) is 9.80 Å². The molecule has 4 nitrogen and oxygen atoms in total. The van der Waals surface area contributed by atoms with Crippen LogP contribution in [0.4, 0.5) is 9.18 Å². The lowest BCUT2D eigenvalue weighted by molar-refractivity contribution is 0.0148. The number of rotatable bonds is 3. The Morgan fingerprint density at radius 2 is 2.00 bits per heavy atom. The van der Waals surface area contributed by atoms with Crippen LogP contribution in [0, 0.1) is 9.39 Å². The predicted molar refractivity (Wildman–Crippen MR) is 101 cm³/mol. The van der Waals surface area contributed by atoms with Crippen LogP contribution in [0.15, 0.2) is 18.2 Å². The van der Waals surface area contributed by atoms with Crippen LogP contribution >= 0.6 is 22.6 Å². The SMILES string of the molecule is CN(C(=O)OC(C)(C)C)C1CCN(Cc2cc(I)ccc2F)CC1. The van der Waals surface area contributed by atoms with Gasteiger partial charge in [0.25, 0.3) is 0 Å². The summed E-state index contributed by atoms with van der Waals surface area (Å²) >= 11 is 2.20. The van der Waals surface area contributed by atoms with Crippen molar-refractivity contribution in [2.24, 2.45) is 0 Å². The van der Waals surface area contributed by atoms with E-state index in [4.69, 9.17) is 4.74 Å². The zero-order valence-electron chi connectivity index (χ0n) is 14.8. The first-order valence-corrected chi connectivity index (χ1v) is 9.35. The van der Waals surface area contributed by atoms with Gasteiger partial charge in [-0.05, 0) is 74.4 Å². The minimum absolute atomic E-state index is 0.150. The van der Waals surface area contributed by atoms with Gasteiger partial charge in [-0.2, -0.15) is 0 Å². The number of nitrogens with zero attached hydrogens (tertiary/aromatic N) is 2. The average molecular weight is 448 g/mol. The van der Waals surface area contributed by atoms with E-state index in [-0.39, 0.29) is 18.0 Å². The molecule has 1 aliphatic heterocycles. The smallest absolute Gasteiger partial charge is 0.410 e. The van der Waals surface area contributed by atoms with Gasteiger partial charge >= 0.3 is 6.09 Å². The highest BCUT2D eigenvalue weighted by Crippen LogP contribution is 2.21. The number of hydrogen-bond acceptors (Lipinski definition) is 3. The van der Waals surface area contributed by atoms with Crippen LogP contribution in [-0.2, 0) is 11.3 Å². The third kappa shape index (κ3) is 5.58. The molecule has 1 fully saturated rings. The van der Waals surface area contributed by atoms with Gasteiger partial charge in [0.15, 0.2) is 0 Å². The number of likely N-dealkylation sites (tertiary alicyclic amines) is 1. The second kappa shape index (κ2) is 7.99. The molecule has 1 aromatic rings. The van der Waals surface area contributed by atoms with E-state index >= 15 is 0 Å². The first-order valence-electron chi connectivity index (χ1n) is 8.28. The molecule has 0 spiro atoms. The molecule has 1 saturated heterocycles. The monoisotopic (exact) mass is 448 g/mol. The van der Waals surface area contributed by atoms with Crippen molar-refractivity contribution in [3.05, 3.63) is 33.1 Å². The van der Waals surface area contributed by atoms with E-state index in [1.165, 1.54) is 6.07 Å². The van der Waals surface area contributed by atoms with Crippen LogP contribution in [0.25, 0.3) is 0 Å². The van der Waals surface area contributed by atoms with Gasteiger partial charge in [-0.15, -0.1) is 0 Å². The first-order chi connectivity index (χ1) is 11.2. The molecule has 1 amide bonds. The average Bonchev–Trinajstić information content (AvgIpc) is 2.49. The molecule has 0 aliphatic carbocycles. The Hall–Kier alpha value is -0.890. The summed E-state index contributed by atoms with van der Waals surface area (Å²) in [4.78, 5) is 16.1. The van der Waals surface area contributed by atoms with E-state index in [0.717, 1.165) is 35.1 Å². The Balaban J connectivity index is 1.87. The number of hydrogen-bond donors (Lipinski definition) is 0. The Morgan fingerprint density at radius 1 is 1.38 bits per heavy atom. The number of carbonyl (C=O) groups excluding carboxylic acids is 1. The second-order valence-electron chi connectivity index (χ2n) is 7.33. The summed E-state index contributed by atoms with van der Waals surface area (Å²) in [6.07, 6.45) is 1.48. The topological polar surface area (TPSA) is 32.8 Å². The summed E-state index contributed by atoms with van der Waals surface area (Å²) in [6, 6.07) is 5.38. The van der Waals surface area contributed by atoms with Crippen molar-refractivity contribution in [2.45, 2.75) is 51.8 Å². The Morgan fingerprint density at radius 3 is 2.58 bits per heavy atom. The molecule has 1 heterocycles. The van der Waals surface area contributed by atoms with E-state index < -0.39 is 5.60 Å². The van der Waals surface area contributed by atoms with Gasteiger partial charge < -0.3 is 9.64 Å². The number of carbonyl (C=O) groups is 1. The molecule has 0 bridgehead atoms. The van der Waals surface area contributed by atoms with Crippen molar-refractivity contribution in [1.29, 1.82) is 0 Å². The van der Waals surface area contributed by atoms with Crippen molar-refractivity contribution < 1.29 is 13.9 Å². The Bertz CT molecular complexity index is 581. The minimum Gasteiger partial charge on any atom is -0.444 e. The molecule has 6 heteroatoms. The lowest BCUT2D eigenvalue weighted by atomic mass is 10.0. The molecule has 1 aromatic carbocycles. The number of ether oxygens (including phenoxy) is 1. The zero-order valence-corrected chi connectivity index (χ0v) is 17.0. The van der Waals surface area contributed by atoms with Crippen LogP contribution in [0.3, 0.4) is 0 Å². The van der Waals surface area contributed by atoms with Gasteiger partial charge in [0.2, 0.25) is 0 Å². The molecular formula is C18H26FIN2O2. The summed E-state index contributed by atoms with van der Waals surface area (Å²) in [7, 11) is 1.80. The lowest BCUT2D eigenvalue weighted by Crippen LogP contribution is -2.46. The molecule has 0 unspecified atom stereocenters. The maximum atomic E-state index is 13.9. The molecule has 134 valence electrons. The Labute approximate surface area is 157 Å². The van der Waals surface area contributed by atoms with Crippen LogP contribution in [0.5, 0.6) is 0 Å². The normalized spacial score (nSPS) is 16.9. The molecular weight excluding hydrogens is 422 g/mol. The molecule has 0 radical (unpaired) electrons. The molecule has 0 saturated carbocycles. The largest absolute Gasteiger partial charge is 0.444 e. The fourth-order valence-electron chi connectivity index (χ4n) is 2.85. The third-order valence-corrected chi connectivity index (χ3v) is 4.86. The summed E-state index contributed by atoms with van der Waals surface area (Å²) < 4.78 is 20.4. The van der Waals surface area contributed by atoms with Gasteiger partial charge in [0, 0.05) is 41.9 Å². The van der Waals surface area contributed by atoms with Gasteiger partial charge in [-0.1, -0.05) is 0 Å². The van der Waals surface area contributed by atoms with Crippen LogP contribution in [0.1, 0.15) is 39.2 Å². The fourth-order valence-corrected chi connectivity index (χ4v) is 3.41. The zero-order chi connectivity index (χ0) is 17.9.